The van der Waals surface area contributed by atoms with E-state index >= 15 is 0 Å². The van der Waals surface area contributed by atoms with E-state index in [0.717, 1.165) is 16.7 Å². The van der Waals surface area contributed by atoms with E-state index in [-0.39, 0.29) is 23.3 Å². The molecule has 3 heterocycles. The van der Waals surface area contributed by atoms with Crippen molar-refractivity contribution in [2.75, 3.05) is 17.2 Å². The van der Waals surface area contributed by atoms with Crippen LogP contribution in [0.3, 0.4) is 0 Å². The number of aryl methyl sites for hydroxylation is 1. The minimum absolute atomic E-state index is 0.00380. The van der Waals surface area contributed by atoms with Gasteiger partial charge in [0.15, 0.2) is 16.3 Å². The minimum Gasteiger partial charge on any atom is -0.311 e. The fourth-order valence-electron chi connectivity index (χ4n) is 3.78. The van der Waals surface area contributed by atoms with E-state index in [4.69, 9.17) is 0 Å². The van der Waals surface area contributed by atoms with Crippen molar-refractivity contribution in [3.05, 3.63) is 50.7 Å². The largest absolute Gasteiger partial charge is 0.332 e. The zero-order chi connectivity index (χ0) is 20.9. The van der Waals surface area contributed by atoms with Crippen molar-refractivity contribution in [3.8, 4) is 0 Å². The second kappa shape index (κ2) is 7.22. The molecule has 0 saturated carbocycles. The van der Waals surface area contributed by atoms with Gasteiger partial charge in [0.05, 0.1) is 5.75 Å². The van der Waals surface area contributed by atoms with Crippen molar-refractivity contribution in [2.45, 2.75) is 31.5 Å². The van der Waals surface area contributed by atoms with Gasteiger partial charge in [0.2, 0.25) is 5.91 Å². The maximum absolute atomic E-state index is 12.9. The molecule has 0 atom stereocenters. The summed E-state index contributed by atoms with van der Waals surface area (Å²) >= 11 is 1.30. The van der Waals surface area contributed by atoms with Crippen LogP contribution in [0, 0.1) is 0 Å². The number of benzene rings is 1. The quantitative estimate of drug-likeness (QED) is 0.608. The van der Waals surface area contributed by atoms with E-state index in [1.165, 1.54) is 28.9 Å². The summed E-state index contributed by atoms with van der Waals surface area (Å²) in [6.07, 6.45) is 0.856. The average Bonchev–Trinajstić information content (AvgIpc) is 3.31. The van der Waals surface area contributed by atoms with Crippen LogP contribution in [0.25, 0.3) is 11.2 Å². The summed E-state index contributed by atoms with van der Waals surface area (Å²) in [7, 11) is 3.06. The molecule has 1 amide bonds. The smallest absolute Gasteiger partial charge is 0.311 e. The van der Waals surface area contributed by atoms with Crippen molar-refractivity contribution in [1.82, 2.24) is 18.7 Å². The van der Waals surface area contributed by atoms with Crippen LogP contribution in [0.5, 0.6) is 0 Å². The van der Waals surface area contributed by atoms with Crippen LogP contribution < -0.4 is 16.1 Å². The average molecular weight is 414 g/mol. The molecule has 1 aromatic carbocycles. The van der Waals surface area contributed by atoms with Gasteiger partial charge in [-0.2, -0.15) is 0 Å². The first-order valence-corrected chi connectivity index (χ1v) is 10.5. The van der Waals surface area contributed by atoms with Crippen molar-refractivity contribution in [3.63, 3.8) is 0 Å². The third kappa shape index (κ3) is 3.09. The lowest BCUT2D eigenvalue weighted by Crippen LogP contribution is -2.37. The molecular weight excluding hydrogens is 390 g/mol. The molecule has 4 rings (SSSR count). The zero-order valence-corrected chi connectivity index (χ0v) is 17.7. The molecule has 152 valence electrons. The number of aromatic nitrogens is 4. The number of fused-ring (bicyclic) bond motifs is 2. The Bertz CT molecular complexity index is 1240. The first-order chi connectivity index (χ1) is 13.8. The molecule has 8 nitrogen and oxygen atoms in total. The number of hydrogen-bond acceptors (Lipinski definition) is 5. The lowest BCUT2D eigenvalue weighted by Gasteiger charge is -2.17. The number of nitrogens with zero attached hydrogens (tertiary/aromatic N) is 5. The highest BCUT2D eigenvalue weighted by atomic mass is 32.2. The van der Waals surface area contributed by atoms with Gasteiger partial charge in [-0.25, -0.2) is 9.78 Å². The molecule has 0 fully saturated rings. The van der Waals surface area contributed by atoms with Crippen LogP contribution in [0.1, 0.15) is 25.5 Å². The summed E-state index contributed by atoms with van der Waals surface area (Å²) < 4.78 is 4.27. The summed E-state index contributed by atoms with van der Waals surface area (Å²) in [5.41, 5.74) is 2.07. The van der Waals surface area contributed by atoms with Gasteiger partial charge in [-0.3, -0.25) is 18.7 Å². The fourth-order valence-corrected chi connectivity index (χ4v) is 4.78. The lowest BCUT2D eigenvalue weighted by molar-refractivity contribution is -0.116. The van der Waals surface area contributed by atoms with Crippen LogP contribution in [-0.2, 0) is 25.3 Å². The van der Waals surface area contributed by atoms with Crippen LogP contribution in [0.2, 0.25) is 0 Å². The Balaban J connectivity index is 1.68. The van der Waals surface area contributed by atoms with E-state index in [1.807, 2.05) is 42.7 Å². The van der Waals surface area contributed by atoms with Crippen LogP contribution in [0.4, 0.5) is 5.69 Å². The Kier molecular flexibility index (Phi) is 4.85. The summed E-state index contributed by atoms with van der Waals surface area (Å²) in [4.78, 5) is 44.2. The monoisotopic (exact) mass is 413 g/mol. The summed E-state index contributed by atoms with van der Waals surface area (Å²) in [6, 6.07) is 7.89. The Morgan fingerprint density at radius 2 is 1.90 bits per heavy atom. The number of thioether (sulfide) groups is 1. The number of hydrogen-bond donors (Lipinski definition) is 0. The van der Waals surface area contributed by atoms with E-state index < -0.39 is 5.69 Å². The molecule has 0 saturated heterocycles. The number of carbonyl (C=O) groups excluding carboxylic acids is 1. The van der Waals surface area contributed by atoms with E-state index in [0.29, 0.717) is 22.9 Å². The van der Waals surface area contributed by atoms with Gasteiger partial charge in [-0.1, -0.05) is 30.0 Å². The van der Waals surface area contributed by atoms with Gasteiger partial charge in [0.25, 0.3) is 5.56 Å². The Labute approximate surface area is 171 Å². The molecule has 0 spiro atoms. The van der Waals surface area contributed by atoms with Gasteiger partial charge >= 0.3 is 5.69 Å². The van der Waals surface area contributed by atoms with Crippen molar-refractivity contribution in [2.24, 2.45) is 14.1 Å². The Hall–Kier alpha value is -2.81. The molecule has 1 aliphatic heterocycles. The number of rotatable bonds is 4. The minimum atomic E-state index is -0.419. The third-order valence-electron chi connectivity index (χ3n) is 5.29. The maximum Gasteiger partial charge on any atom is 0.332 e. The molecule has 9 heteroatoms. The first-order valence-electron chi connectivity index (χ1n) is 9.50. The fraction of sp³-hybridized carbons (Fsp3) is 0.400. The second-order valence-electron chi connectivity index (χ2n) is 7.45. The maximum atomic E-state index is 12.9. The third-order valence-corrected chi connectivity index (χ3v) is 6.23. The molecule has 0 radical (unpaired) electrons. The van der Waals surface area contributed by atoms with Crippen molar-refractivity contribution in [1.29, 1.82) is 0 Å². The Morgan fingerprint density at radius 3 is 2.62 bits per heavy atom. The highest BCUT2D eigenvalue weighted by Gasteiger charge is 2.26. The molecule has 0 bridgehead atoms. The molecular formula is C20H23N5O3S. The number of imidazole rings is 1. The standard InChI is InChI=1S/C20H23N5O3S/c1-12(2)25-16-17(22(3)20(28)23(4)18(16)27)21-19(25)29-11-15(26)24-10-9-13-7-5-6-8-14(13)24/h5-8,12H,9-11H2,1-4H3. The van der Waals surface area contributed by atoms with Crippen LogP contribution in [0.15, 0.2) is 39.0 Å². The second-order valence-corrected chi connectivity index (χ2v) is 8.39. The van der Waals surface area contributed by atoms with Crippen LogP contribution >= 0.6 is 11.8 Å². The highest BCUT2D eigenvalue weighted by molar-refractivity contribution is 7.99. The van der Waals surface area contributed by atoms with E-state index in [2.05, 4.69) is 4.98 Å². The molecule has 29 heavy (non-hydrogen) atoms. The lowest BCUT2D eigenvalue weighted by atomic mass is 10.2. The van der Waals surface area contributed by atoms with E-state index in [1.54, 1.807) is 11.9 Å². The molecule has 0 aliphatic carbocycles. The predicted molar refractivity (Wildman–Crippen MR) is 114 cm³/mol. The summed E-state index contributed by atoms with van der Waals surface area (Å²) in [5, 5.41) is 0.564. The predicted octanol–water partition coefficient (Wildman–Crippen LogP) is 1.70. The number of para-hydroxylation sites is 1. The molecule has 0 unspecified atom stereocenters. The van der Waals surface area contributed by atoms with Crippen molar-refractivity contribution < 1.29 is 4.79 Å². The molecule has 2 aromatic heterocycles. The number of amides is 1. The molecule has 3 aromatic rings. The zero-order valence-electron chi connectivity index (χ0n) is 16.9. The highest BCUT2D eigenvalue weighted by Crippen LogP contribution is 2.30. The van der Waals surface area contributed by atoms with Gasteiger partial charge < -0.3 is 9.47 Å². The summed E-state index contributed by atoms with van der Waals surface area (Å²) in [5.74, 6) is 0.211. The topological polar surface area (TPSA) is 82.1 Å². The normalized spacial score (nSPS) is 13.5. The summed E-state index contributed by atoms with van der Waals surface area (Å²) in [6.45, 7) is 4.58. The van der Waals surface area contributed by atoms with Gasteiger partial charge in [-0.05, 0) is 31.9 Å². The van der Waals surface area contributed by atoms with Gasteiger partial charge in [-0.15, -0.1) is 0 Å². The molecule has 0 N–H and O–H groups in total. The number of carbonyl (C=O) groups is 1. The van der Waals surface area contributed by atoms with Gasteiger partial charge in [0.1, 0.15) is 0 Å². The van der Waals surface area contributed by atoms with Crippen LogP contribution in [-0.4, -0.2) is 36.9 Å². The van der Waals surface area contributed by atoms with Crippen molar-refractivity contribution >= 4 is 34.5 Å². The molecule has 1 aliphatic rings. The Morgan fingerprint density at radius 1 is 1.17 bits per heavy atom. The SMILES string of the molecule is CC(C)n1c(SCC(=O)N2CCc3ccccc32)nc2c1c(=O)n(C)c(=O)n2C. The van der Waals surface area contributed by atoms with E-state index in [9.17, 15) is 14.4 Å². The first kappa shape index (κ1) is 19.5. The van der Waals surface area contributed by atoms with Gasteiger partial charge in [0, 0.05) is 32.4 Å². The number of anilines is 1.